The average molecular weight is 581 g/mol. The number of carbonyl (C=O) groups is 2. The monoisotopic (exact) mass is 580 g/mol. The van der Waals surface area contributed by atoms with Crippen LogP contribution in [0.4, 0.5) is 29.2 Å². The van der Waals surface area contributed by atoms with E-state index in [9.17, 15) is 23.5 Å². The fourth-order valence-corrected chi connectivity index (χ4v) is 5.36. The highest BCUT2D eigenvalue weighted by Gasteiger charge is 2.48. The van der Waals surface area contributed by atoms with E-state index in [0.717, 1.165) is 34.1 Å². The van der Waals surface area contributed by atoms with Crippen LogP contribution in [0, 0.1) is 23.3 Å². The molecule has 1 fully saturated rings. The van der Waals surface area contributed by atoms with Crippen LogP contribution in [0.25, 0.3) is 0 Å². The summed E-state index contributed by atoms with van der Waals surface area (Å²) in [6, 6.07) is 1.60. The SMILES string of the molecule is Cn1cc(F)c(N2C[C@@](C)(c3ccc(F)c(Cl)c3F)c3c(cnc(NC4CN(C(=O)C(C)(C)O)C4)c3F)C2=O)n1. The molecule has 4 heterocycles. The second kappa shape index (κ2) is 9.44. The third kappa shape index (κ3) is 4.37. The lowest BCUT2D eigenvalue weighted by molar-refractivity contribution is -0.152. The van der Waals surface area contributed by atoms with Crippen LogP contribution in [0.15, 0.2) is 24.5 Å². The number of hydrogen-bond acceptors (Lipinski definition) is 6. The molecule has 0 aliphatic carbocycles. The summed E-state index contributed by atoms with van der Waals surface area (Å²) in [5, 5.41) is 16.0. The Bertz CT molecular complexity index is 1550. The molecule has 2 amide bonds. The Labute approximate surface area is 231 Å². The Hall–Kier alpha value is -3.71. The van der Waals surface area contributed by atoms with Crippen molar-refractivity contribution in [2.75, 3.05) is 29.9 Å². The summed E-state index contributed by atoms with van der Waals surface area (Å²) < 4.78 is 61.6. The highest BCUT2D eigenvalue weighted by atomic mass is 35.5. The lowest BCUT2D eigenvalue weighted by Crippen LogP contribution is -2.61. The topological polar surface area (TPSA) is 104 Å². The first-order chi connectivity index (χ1) is 18.6. The van der Waals surface area contributed by atoms with Crippen LogP contribution in [-0.2, 0) is 17.3 Å². The molecule has 2 aromatic heterocycles. The van der Waals surface area contributed by atoms with Crippen LogP contribution in [0.5, 0.6) is 0 Å². The number of amides is 2. The van der Waals surface area contributed by atoms with Gasteiger partial charge < -0.3 is 15.3 Å². The second-order valence-corrected chi connectivity index (χ2v) is 11.1. The average Bonchev–Trinajstić information content (AvgIpc) is 3.19. The number of fused-ring (bicyclic) bond motifs is 1. The molecule has 0 radical (unpaired) electrons. The van der Waals surface area contributed by atoms with Gasteiger partial charge >= 0.3 is 0 Å². The Balaban J connectivity index is 1.59. The van der Waals surface area contributed by atoms with Gasteiger partial charge in [-0.05, 0) is 26.8 Å². The zero-order valence-electron chi connectivity index (χ0n) is 21.9. The van der Waals surface area contributed by atoms with E-state index >= 15 is 8.78 Å². The highest BCUT2D eigenvalue weighted by Crippen LogP contribution is 2.45. The first kappa shape index (κ1) is 27.8. The molecule has 5 rings (SSSR count). The number of rotatable bonds is 5. The van der Waals surface area contributed by atoms with E-state index in [1.165, 1.54) is 32.7 Å². The van der Waals surface area contributed by atoms with Gasteiger partial charge in [0.25, 0.3) is 11.8 Å². The quantitative estimate of drug-likeness (QED) is 0.354. The number of likely N-dealkylation sites (tertiary alicyclic amines) is 1. The Morgan fingerprint density at radius 3 is 2.45 bits per heavy atom. The van der Waals surface area contributed by atoms with Crippen molar-refractivity contribution in [2.45, 2.75) is 37.8 Å². The van der Waals surface area contributed by atoms with Gasteiger partial charge in [-0.3, -0.25) is 19.2 Å². The number of carbonyl (C=O) groups excluding carboxylic acids is 2. The predicted molar refractivity (Wildman–Crippen MR) is 137 cm³/mol. The van der Waals surface area contributed by atoms with E-state index < -0.39 is 63.7 Å². The molecule has 9 nitrogen and oxygen atoms in total. The Morgan fingerprint density at radius 2 is 1.85 bits per heavy atom. The third-order valence-electron chi connectivity index (χ3n) is 7.21. The van der Waals surface area contributed by atoms with E-state index in [4.69, 9.17) is 11.6 Å². The van der Waals surface area contributed by atoms with Crippen LogP contribution >= 0.6 is 11.6 Å². The summed E-state index contributed by atoms with van der Waals surface area (Å²) in [6.07, 6.45) is 2.14. The van der Waals surface area contributed by atoms with Gasteiger partial charge in [0.15, 0.2) is 23.3 Å². The maximum atomic E-state index is 16.3. The summed E-state index contributed by atoms with van der Waals surface area (Å²) in [7, 11) is 1.45. The minimum absolute atomic E-state index is 0.159. The van der Waals surface area contributed by atoms with Crippen LogP contribution < -0.4 is 10.2 Å². The predicted octanol–water partition coefficient (Wildman–Crippen LogP) is 3.38. The van der Waals surface area contributed by atoms with Gasteiger partial charge in [0.05, 0.1) is 17.8 Å². The minimum atomic E-state index is -1.69. The summed E-state index contributed by atoms with van der Waals surface area (Å²) in [6.45, 7) is 4.01. The van der Waals surface area contributed by atoms with Gasteiger partial charge in [0, 0.05) is 49.4 Å². The van der Waals surface area contributed by atoms with E-state index in [1.807, 2.05) is 0 Å². The van der Waals surface area contributed by atoms with Crippen LogP contribution in [0.3, 0.4) is 0 Å². The van der Waals surface area contributed by atoms with Crippen molar-refractivity contribution in [3.63, 3.8) is 0 Å². The first-order valence-corrected chi connectivity index (χ1v) is 12.6. The minimum Gasteiger partial charge on any atom is -0.381 e. The summed E-state index contributed by atoms with van der Waals surface area (Å²) in [5.41, 5.74) is -4.00. The lowest BCUT2D eigenvalue weighted by Gasteiger charge is -2.43. The van der Waals surface area contributed by atoms with E-state index in [2.05, 4.69) is 15.4 Å². The number of nitrogens with one attached hydrogen (secondary N) is 1. The number of halogens is 5. The van der Waals surface area contributed by atoms with Crippen LogP contribution in [0.1, 0.15) is 42.3 Å². The molecule has 2 aliphatic heterocycles. The number of hydrogen-bond donors (Lipinski definition) is 2. The van der Waals surface area contributed by atoms with Gasteiger partial charge in [-0.25, -0.2) is 22.5 Å². The number of aliphatic hydroxyl groups is 1. The molecule has 0 spiro atoms. The molecule has 212 valence electrons. The molecule has 1 aromatic carbocycles. The van der Waals surface area contributed by atoms with E-state index in [-0.39, 0.29) is 41.4 Å². The number of aromatic nitrogens is 3. The molecule has 0 bridgehead atoms. The number of pyridine rings is 1. The zero-order valence-corrected chi connectivity index (χ0v) is 22.7. The maximum absolute atomic E-state index is 16.3. The number of benzene rings is 1. The molecule has 0 saturated carbocycles. The molecule has 14 heteroatoms. The summed E-state index contributed by atoms with van der Waals surface area (Å²) in [5.74, 6) is -5.91. The molecular formula is C26H25ClF4N6O3. The fourth-order valence-electron chi connectivity index (χ4n) is 5.19. The molecular weight excluding hydrogens is 556 g/mol. The largest absolute Gasteiger partial charge is 0.381 e. The third-order valence-corrected chi connectivity index (χ3v) is 7.55. The van der Waals surface area contributed by atoms with Gasteiger partial charge in [-0.1, -0.05) is 17.7 Å². The van der Waals surface area contributed by atoms with Crippen molar-refractivity contribution < 1.29 is 32.3 Å². The second-order valence-electron chi connectivity index (χ2n) is 10.7. The molecule has 2 N–H and O–H groups in total. The maximum Gasteiger partial charge on any atom is 0.261 e. The van der Waals surface area contributed by atoms with Crippen LogP contribution in [0.2, 0.25) is 5.02 Å². The van der Waals surface area contributed by atoms with Gasteiger partial charge in [0.1, 0.15) is 22.3 Å². The first-order valence-electron chi connectivity index (χ1n) is 12.3. The van der Waals surface area contributed by atoms with Crippen molar-refractivity contribution >= 4 is 35.1 Å². The summed E-state index contributed by atoms with van der Waals surface area (Å²) >= 11 is 5.86. The lowest BCUT2D eigenvalue weighted by atomic mass is 9.71. The number of nitrogens with zero attached hydrogens (tertiary/aromatic N) is 5. The van der Waals surface area contributed by atoms with Gasteiger partial charge in [0.2, 0.25) is 0 Å². The van der Waals surface area contributed by atoms with E-state index in [0.29, 0.717) is 0 Å². The van der Waals surface area contributed by atoms with Crippen molar-refractivity contribution in [1.29, 1.82) is 0 Å². The van der Waals surface area contributed by atoms with E-state index in [1.54, 1.807) is 0 Å². The van der Waals surface area contributed by atoms with Gasteiger partial charge in [-0.15, -0.1) is 0 Å². The molecule has 3 aromatic rings. The van der Waals surface area contributed by atoms with Crippen LogP contribution in [-0.4, -0.2) is 67.9 Å². The van der Waals surface area contributed by atoms with Gasteiger partial charge in [-0.2, -0.15) is 5.10 Å². The van der Waals surface area contributed by atoms with Crippen molar-refractivity contribution in [1.82, 2.24) is 19.7 Å². The normalized spacial score (nSPS) is 19.5. The molecule has 0 unspecified atom stereocenters. The summed E-state index contributed by atoms with van der Waals surface area (Å²) in [4.78, 5) is 32.2. The van der Waals surface area contributed by atoms with Crippen molar-refractivity contribution in [3.05, 3.63) is 69.5 Å². The standard InChI is InChI=1S/C26H25ClF4N6O3/c1-25(2,40)24(39)36-8-12(9-36)33-21-20(31)17-13(7-32-21)23(38)37(22-16(29)10-35(4)34-22)11-26(17,3)14-5-6-15(28)18(27)19(14)30/h5-7,10,12,40H,8-9,11H2,1-4H3,(H,32,33)/t26-/m0/s1. The van der Waals surface area contributed by atoms with Crippen molar-refractivity contribution in [2.24, 2.45) is 7.05 Å². The molecule has 40 heavy (non-hydrogen) atoms. The fraction of sp³-hybridized carbons (Fsp3) is 0.385. The molecule has 2 aliphatic rings. The Morgan fingerprint density at radius 1 is 1.18 bits per heavy atom. The Kier molecular flexibility index (Phi) is 6.57. The number of aryl methyl sites for hydroxylation is 1. The zero-order chi connectivity index (χ0) is 29.3. The molecule has 1 saturated heterocycles. The number of anilines is 2. The highest BCUT2D eigenvalue weighted by molar-refractivity contribution is 6.31. The molecule has 1 atom stereocenters. The smallest absolute Gasteiger partial charge is 0.261 e. The van der Waals surface area contributed by atoms with Crippen molar-refractivity contribution in [3.8, 4) is 0 Å².